The second-order valence-corrected chi connectivity index (χ2v) is 6.76. The molecule has 9 heteroatoms. The average molecular weight is 308 g/mol. The van der Waals surface area contributed by atoms with Gasteiger partial charge < -0.3 is 14.6 Å². The third kappa shape index (κ3) is 3.38. The van der Waals surface area contributed by atoms with Crippen molar-refractivity contribution >= 4 is 25.8 Å². The summed E-state index contributed by atoms with van der Waals surface area (Å²) in [5, 5.41) is 2.37. The van der Waals surface area contributed by atoms with Gasteiger partial charge in [-0.05, 0) is 6.42 Å². The summed E-state index contributed by atoms with van der Waals surface area (Å²) < 4.78 is 29.3. The number of aryl methyl sites for hydroxylation is 1. The Bertz CT molecular complexity index is 584. The number of aromatic nitrogens is 2. The molecule has 0 aliphatic carbocycles. The normalized spacial score (nSPS) is 19.3. The number of cyclic esters (lactones) is 1. The van der Waals surface area contributed by atoms with Crippen LogP contribution in [0.2, 0.25) is 0 Å². The lowest BCUT2D eigenvalue weighted by atomic mass is 10.3. The Morgan fingerprint density at radius 1 is 1.63 bits per heavy atom. The van der Waals surface area contributed by atoms with E-state index in [-0.39, 0.29) is 11.1 Å². The largest absolute Gasteiger partial charge is 0.442 e. The molecular formula is C10H14ClN3O4S. The number of carbonyl (C=O) groups is 1. The molecule has 106 valence electrons. The number of alkyl carbamates (subject to hydrolysis) is 1. The van der Waals surface area contributed by atoms with Gasteiger partial charge >= 0.3 is 6.09 Å². The molecule has 1 saturated heterocycles. The summed E-state index contributed by atoms with van der Waals surface area (Å²) in [6.45, 7) is 2.71. The quantitative estimate of drug-likeness (QED) is 0.815. The summed E-state index contributed by atoms with van der Waals surface area (Å²) in [6, 6.07) is 0. The molecule has 1 atom stereocenters. The van der Waals surface area contributed by atoms with Gasteiger partial charge in [-0.2, -0.15) is 0 Å². The van der Waals surface area contributed by atoms with E-state index in [1.165, 1.54) is 6.20 Å². The molecule has 1 aliphatic rings. The van der Waals surface area contributed by atoms with Crippen LogP contribution in [0.5, 0.6) is 0 Å². The number of carbonyl (C=O) groups excluding carboxylic acids is 1. The third-order valence-corrected chi connectivity index (χ3v) is 3.88. The standard InChI is InChI=1S/C10H14ClN3O4S/c1-2-3-8-13-9(19(11,16)17)6-14(8)5-7-4-12-10(15)18-7/h6-7H,2-5H2,1H3,(H,12,15). The Kier molecular flexibility index (Phi) is 4.00. The summed E-state index contributed by atoms with van der Waals surface area (Å²) in [4.78, 5) is 15.0. The van der Waals surface area contributed by atoms with Crippen molar-refractivity contribution in [3.8, 4) is 0 Å². The number of rotatable bonds is 5. The van der Waals surface area contributed by atoms with Gasteiger partial charge in [-0.25, -0.2) is 18.2 Å². The minimum atomic E-state index is -3.85. The maximum absolute atomic E-state index is 11.3. The van der Waals surface area contributed by atoms with E-state index in [0.29, 0.717) is 25.3 Å². The van der Waals surface area contributed by atoms with E-state index in [1.807, 2.05) is 6.92 Å². The van der Waals surface area contributed by atoms with Gasteiger partial charge in [0, 0.05) is 23.3 Å². The smallest absolute Gasteiger partial charge is 0.407 e. The van der Waals surface area contributed by atoms with Crippen LogP contribution in [0.1, 0.15) is 19.2 Å². The van der Waals surface area contributed by atoms with Gasteiger partial charge in [-0.15, -0.1) is 0 Å². The first-order valence-electron chi connectivity index (χ1n) is 5.85. The van der Waals surface area contributed by atoms with E-state index in [2.05, 4.69) is 10.3 Å². The van der Waals surface area contributed by atoms with Crippen molar-refractivity contribution < 1.29 is 17.9 Å². The summed E-state index contributed by atoms with van der Waals surface area (Å²) >= 11 is 0. The molecule has 1 aromatic heterocycles. The summed E-state index contributed by atoms with van der Waals surface area (Å²) in [7, 11) is 1.43. The first-order valence-corrected chi connectivity index (χ1v) is 8.16. The fourth-order valence-corrected chi connectivity index (χ4v) is 2.57. The van der Waals surface area contributed by atoms with Crippen LogP contribution in [0.3, 0.4) is 0 Å². The zero-order valence-corrected chi connectivity index (χ0v) is 11.9. The number of ether oxygens (including phenoxy) is 1. The number of nitrogens with one attached hydrogen (secondary N) is 1. The minimum Gasteiger partial charge on any atom is -0.442 e. The topological polar surface area (TPSA) is 90.3 Å². The fourth-order valence-electron chi connectivity index (χ4n) is 1.88. The molecule has 1 fully saturated rings. The van der Waals surface area contributed by atoms with Gasteiger partial charge in [0.25, 0.3) is 9.05 Å². The molecule has 2 rings (SSSR count). The predicted octanol–water partition coefficient (Wildman–Crippen LogP) is 0.871. The molecule has 0 aromatic carbocycles. The molecule has 0 radical (unpaired) electrons. The lowest BCUT2D eigenvalue weighted by Gasteiger charge is -2.10. The number of amides is 1. The fraction of sp³-hybridized carbons (Fsp3) is 0.600. The zero-order valence-electron chi connectivity index (χ0n) is 10.3. The first kappa shape index (κ1) is 14.1. The van der Waals surface area contributed by atoms with Crippen molar-refractivity contribution in [2.75, 3.05) is 6.54 Å². The van der Waals surface area contributed by atoms with E-state index in [9.17, 15) is 13.2 Å². The van der Waals surface area contributed by atoms with Crippen molar-refractivity contribution in [3.63, 3.8) is 0 Å². The van der Waals surface area contributed by atoms with Crippen molar-refractivity contribution in [1.82, 2.24) is 14.9 Å². The average Bonchev–Trinajstić information content (AvgIpc) is 2.87. The second-order valence-electron chi connectivity index (χ2n) is 4.24. The van der Waals surface area contributed by atoms with Crippen LogP contribution in [-0.4, -0.2) is 36.7 Å². The Hall–Kier alpha value is -1.28. The van der Waals surface area contributed by atoms with Crippen molar-refractivity contribution in [1.29, 1.82) is 0 Å². The highest BCUT2D eigenvalue weighted by atomic mass is 35.7. The molecule has 1 unspecified atom stereocenters. The van der Waals surface area contributed by atoms with Crippen LogP contribution in [0.4, 0.5) is 4.79 Å². The Morgan fingerprint density at radius 2 is 2.37 bits per heavy atom. The van der Waals surface area contributed by atoms with Crippen LogP contribution in [-0.2, 0) is 26.8 Å². The van der Waals surface area contributed by atoms with Gasteiger partial charge in [0.1, 0.15) is 11.9 Å². The molecule has 0 bridgehead atoms. The van der Waals surface area contributed by atoms with E-state index < -0.39 is 15.1 Å². The Labute approximate surface area is 115 Å². The number of hydrogen-bond donors (Lipinski definition) is 1. The summed E-state index contributed by atoms with van der Waals surface area (Å²) in [5.74, 6) is 0.615. The molecule has 0 spiro atoms. The van der Waals surface area contributed by atoms with Crippen LogP contribution in [0.15, 0.2) is 11.2 Å². The highest BCUT2D eigenvalue weighted by Gasteiger charge is 2.25. The lowest BCUT2D eigenvalue weighted by Crippen LogP contribution is -2.21. The van der Waals surface area contributed by atoms with Crippen molar-refractivity contribution in [3.05, 3.63) is 12.0 Å². The van der Waals surface area contributed by atoms with Crippen molar-refractivity contribution in [2.45, 2.75) is 37.4 Å². The molecule has 0 saturated carbocycles. The van der Waals surface area contributed by atoms with Crippen molar-refractivity contribution in [2.24, 2.45) is 0 Å². The lowest BCUT2D eigenvalue weighted by molar-refractivity contribution is 0.130. The highest BCUT2D eigenvalue weighted by molar-refractivity contribution is 8.13. The summed E-state index contributed by atoms with van der Waals surface area (Å²) in [5.41, 5.74) is 0. The maximum atomic E-state index is 11.3. The first-order chi connectivity index (χ1) is 8.90. The Balaban J connectivity index is 2.22. The molecule has 2 heterocycles. The molecule has 1 amide bonds. The van der Waals surface area contributed by atoms with Crippen LogP contribution >= 0.6 is 10.7 Å². The molecule has 1 aromatic rings. The Morgan fingerprint density at radius 3 is 2.89 bits per heavy atom. The molecular weight excluding hydrogens is 294 g/mol. The number of halogens is 1. The molecule has 1 N–H and O–H groups in total. The maximum Gasteiger partial charge on any atom is 0.407 e. The van der Waals surface area contributed by atoms with Crippen LogP contribution in [0.25, 0.3) is 0 Å². The van der Waals surface area contributed by atoms with E-state index in [1.54, 1.807) is 4.57 Å². The number of nitrogens with zero attached hydrogens (tertiary/aromatic N) is 2. The molecule has 7 nitrogen and oxygen atoms in total. The molecule has 1 aliphatic heterocycles. The van der Waals surface area contributed by atoms with E-state index in [0.717, 1.165) is 6.42 Å². The predicted molar refractivity (Wildman–Crippen MR) is 67.5 cm³/mol. The minimum absolute atomic E-state index is 0.171. The number of hydrogen-bond acceptors (Lipinski definition) is 5. The second kappa shape index (κ2) is 5.38. The monoisotopic (exact) mass is 307 g/mol. The van der Waals surface area contributed by atoms with Gasteiger partial charge in [0.15, 0.2) is 5.03 Å². The highest BCUT2D eigenvalue weighted by Crippen LogP contribution is 2.17. The van der Waals surface area contributed by atoms with Gasteiger partial charge in [0.2, 0.25) is 0 Å². The third-order valence-electron chi connectivity index (χ3n) is 2.71. The number of imidazole rings is 1. The summed E-state index contributed by atoms with van der Waals surface area (Å²) in [6.07, 6.45) is 2.03. The van der Waals surface area contributed by atoms with E-state index in [4.69, 9.17) is 15.4 Å². The molecule has 19 heavy (non-hydrogen) atoms. The van der Waals surface area contributed by atoms with Gasteiger partial charge in [0.05, 0.1) is 13.1 Å². The van der Waals surface area contributed by atoms with Gasteiger partial charge in [-0.1, -0.05) is 6.92 Å². The van der Waals surface area contributed by atoms with E-state index >= 15 is 0 Å². The zero-order chi connectivity index (χ0) is 14.0. The van der Waals surface area contributed by atoms with Crippen LogP contribution in [0, 0.1) is 0 Å². The SMILES string of the molecule is CCCc1nc(S(=O)(=O)Cl)cn1CC1CNC(=O)O1. The van der Waals surface area contributed by atoms with Crippen LogP contribution < -0.4 is 5.32 Å². The van der Waals surface area contributed by atoms with Gasteiger partial charge in [-0.3, -0.25) is 0 Å².